The van der Waals surface area contributed by atoms with Crippen molar-refractivity contribution in [3.63, 3.8) is 0 Å². The number of carbonyl (C=O) groups excluding carboxylic acids is 1. The maximum absolute atomic E-state index is 12.6. The number of rotatable bonds is 8. The molecule has 2 aromatic heterocycles. The molecule has 1 amide bonds. The van der Waals surface area contributed by atoms with E-state index in [0.717, 1.165) is 17.1 Å². The Morgan fingerprint density at radius 3 is 2.88 bits per heavy atom. The highest BCUT2D eigenvalue weighted by atomic mass is 32.2. The third-order valence-electron chi connectivity index (χ3n) is 4.93. The third-order valence-corrected chi connectivity index (χ3v) is 5.89. The normalized spacial score (nSPS) is 12.0. The van der Waals surface area contributed by atoms with Gasteiger partial charge in [0.1, 0.15) is 11.5 Å². The molecule has 0 saturated heterocycles. The van der Waals surface area contributed by atoms with Crippen LogP contribution in [0.4, 0.5) is 5.69 Å². The van der Waals surface area contributed by atoms with Crippen LogP contribution in [0.2, 0.25) is 0 Å². The zero-order chi connectivity index (χ0) is 22.6. The summed E-state index contributed by atoms with van der Waals surface area (Å²) in [5, 5.41) is 12.2. The number of fused-ring (bicyclic) bond motifs is 1. The molecule has 3 heterocycles. The SMILES string of the molecule is COc1cccc(-c2nnc(SCC(=O)Nc3ccc4c(c3)OCO4)n2Cc2ccco2)c1. The van der Waals surface area contributed by atoms with Crippen molar-refractivity contribution in [2.45, 2.75) is 11.7 Å². The summed E-state index contributed by atoms with van der Waals surface area (Å²) in [5.74, 6) is 3.39. The molecule has 4 aromatic rings. The summed E-state index contributed by atoms with van der Waals surface area (Å²) < 4.78 is 23.5. The Hall–Kier alpha value is -3.92. The van der Waals surface area contributed by atoms with E-state index in [1.165, 1.54) is 11.8 Å². The molecule has 1 aliphatic rings. The van der Waals surface area contributed by atoms with Gasteiger partial charge in [-0.25, -0.2) is 0 Å². The van der Waals surface area contributed by atoms with Crippen LogP contribution in [0.5, 0.6) is 17.2 Å². The van der Waals surface area contributed by atoms with Gasteiger partial charge >= 0.3 is 0 Å². The quantitative estimate of drug-likeness (QED) is 0.390. The van der Waals surface area contributed by atoms with Crippen LogP contribution in [-0.4, -0.2) is 40.3 Å². The topological polar surface area (TPSA) is 101 Å². The minimum Gasteiger partial charge on any atom is -0.497 e. The first-order valence-corrected chi connectivity index (χ1v) is 11.1. The minimum atomic E-state index is -0.172. The standard InChI is InChI=1S/C23H20N4O5S/c1-29-17-5-2-4-15(10-17)22-25-26-23(27(22)12-18-6-3-9-30-18)33-13-21(28)24-16-7-8-19-20(11-16)32-14-31-19/h2-11H,12-14H2,1H3,(H,24,28). The van der Waals surface area contributed by atoms with E-state index in [2.05, 4.69) is 15.5 Å². The van der Waals surface area contributed by atoms with Crippen LogP contribution in [0.25, 0.3) is 11.4 Å². The van der Waals surface area contributed by atoms with Gasteiger partial charge in [-0.1, -0.05) is 23.9 Å². The highest BCUT2D eigenvalue weighted by Gasteiger charge is 2.18. The number of furan rings is 1. The van der Waals surface area contributed by atoms with Crippen molar-refractivity contribution in [3.05, 3.63) is 66.6 Å². The van der Waals surface area contributed by atoms with E-state index in [9.17, 15) is 4.79 Å². The lowest BCUT2D eigenvalue weighted by Gasteiger charge is -2.10. The molecule has 1 N–H and O–H groups in total. The first-order chi connectivity index (χ1) is 16.2. The summed E-state index contributed by atoms with van der Waals surface area (Å²) >= 11 is 1.30. The molecular formula is C23H20N4O5S. The number of hydrogen-bond acceptors (Lipinski definition) is 8. The number of nitrogens with one attached hydrogen (secondary N) is 1. The fourth-order valence-corrected chi connectivity index (χ4v) is 4.11. The average Bonchev–Trinajstić information content (AvgIpc) is 3.59. The molecule has 0 bridgehead atoms. The zero-order valence-corrected chi connectivity index (χ0v) is 18.5. The molecule has 5 rings (SSSR count). The predicted molar refractivity (Wildman–Crippen MR) is 122 cm³/mol. The van der Waals surface area contributed by atoms with E-state index in [1.807, 2.05) is 41.0 Å². The number of ether oxygens (including phenoxy) is 3. The van der Waals surface area contributed by atoms with Crippen molar-refractivity contribution in [1.82, 2.24) is 14.8 Å². The summed E-state index contributed by atoms with van der Waals surface area (Å²) in [7, 11) is 1.62. The monoisotopic (exact) mass is 464 g/mol. The Kier molecular flexibility index (Phi) is 5.90. The van der Waals surface area contributed by atoms with Crippen molar-refractivity contribution >= 4 is 23.4 Å². The van der Waals surface area contributed by atoms with Gasteiger partial charge in [0, 0.05) is 17.3 Å². The largest absolute Gasteiger partial charge is 0.497 e. The number of nitrogens with zero attached hydrogens (tertiary/aromatic N) is 3. The molecule has 168 valence electrons. The summed E-state index contributed by atoms with van der Waals surface area (Å²) in [6.07, 6.45) is 1.62. The molecule has 33 heavy (non-hydrogen) atoms. The van der Waals surface area contributed by atoms with Gasteiger partial charge in [-0.05, 0) is 36.4 Å². The molecular weight excluding hydrogens is 444 g/mol. The van der Waals surface area contributed by atoms with Gasteiger partial charge in [-0.2, -0.15) is 0 Å². The summed E-state index contributed by atoms with van der Waals surface area (Å²) in [6.45, 7) is 0.613. The van der Waals surface area contributed by atoms with E-state index in [0.29, 0.717) is 34.7 Å². The number of carbonyl (C=O) groups is 1. The Morgan fingerprint density at radius 2 is 2.03 bits per heavy atom. The van der Waals surface area contributed by atoms with Crippen molar-refractivity contribution in [3.8, 4) is 28.6 Å². The molecule has 0 aliphatic carbocycles. The highest BCUT2D eigenvalue weighted by molar-refractivity contribution is 7.99. The average molecular weight is 465 g/mol. The number of anilines is 1. The van der Waals surface area contributed by atoms with Crippen LogP contribution in [-0.2, 0) is 11.3 Å². The smallest absolute Gasteiger partial charge is 0.234 e. The van der Waals surface area contributed by atoms with Crippen LogP contribution < -0.4 is 19.5 Å². The lowest BCUT2D eigenvalue weighted by Crippen LogP contribution is -2.14. The second-order valence-corrected chi connectivity index (χ2v) is 8.05. The van der Waals surface area contributed by atoms with Gasteiger partial charge in [-0.15, -0.1) is 10.2 Å². The summed E-state index contributed by atoms with van der Waals surface area (Å²) in [4.78, 5) is 12.6. The highest BCUT2D eigenvalue weighted by Crippen LogP contribution is 2.34. The fraction of sp³-hybridized carbons (Fsp3) is 0.174. The molecule has 0 radical (unpaired) electrons. The van der Waals surface area contributed by atoms with E-state index < -0.39 is 0 Å². The number of thioether (sulfide) groups is 1. The Bertz CT molecular complexity index is 1270. The first-order valence-electron chi connectivity index (χ1n) is 10.1. The fourth-order valence-electron chi connectivity index (χ4n) is 3.37. The first kappa shape index (κ1) is 21.0. The lowest BCUT2D eigenvalue weighted by molar-refractivity contribution is -0.113. The molecule has 1 aliphatic heterocycles. The summed E-state index contributed by atoms with van der Waals surface area (Å²) in [5.41, 5.74) is 1.49. The van der Waals surface area contributed by atoms with Crippen LogP contribution in [0.15, 0.2) is 70.4 Å². The van der Waals surface area contributed by atoms with Crippen LogP contribution in [0.3, 0.4) is 0 Å². The van der Waals surface area contributed by atoms with E-state index >= 15 is 0 Å². The van der Waals surface area contributed by atoms with Crippen molar-refractivity contribution in [2.24, 2.45) is 0 Å². The summed E-state index contributed by atoms with van der Waals surface area (Å²) in [6, 6.07) is 16.6. The number of aromatic nitrogens is 3. The van der Waals surface area contributed by atoms with Crippen molar-refractivity contribution in [2.75, 3.05) is 25.0 Å². The number of amides is 1. The molecule has 0 unspecified atom stereocenters. The third kappa shape index (κ3) is 4.65. The molecule has 0 saturated carbocycles. The maximum Gasteiger partial charge on any atom is 0.234 e. The Morgan fingerprint density at radius 1 is 1.12 bits per heavy atom. The van der Waals surface area contributed by atoms with E-state index in [4.69, 9.17) is 18.6 Å². The lowest BCUT2D eigenvalue weighted by atomic mass is 10.2. The van der Waals surface area contributed by atoms with E-state index in [1.54, 1.807) is 31.6 Å². The van der Waals surface area contributed by atoms with Gasteiger partial charge in [0.25, 0.3) is 0 Å². The van der Waals surface area contributed by atoms with Gasteiger partial charge in [-0.3, -0.25) is 9.36 Å². The van der Waals surface area contributed by atoms with E-state index in [-0.39, 0.29) is 18.5 Å². The maximum atomic E-state index is 12.6. The molecule has 10 heteroatoms. The van der Waals surface area contributed by atoms with Crippen LogP contribution in [0.1, 0.15) is 5.76 Å². The Labute approximate surface area is 193 Å². The molecule has 0 fully saturated rings. The minimum absolute atomic E-state index is 0.156. The van der Waals surface area contributed by atoms with Crippen LogP contribution in [0, 0.1) is 0 Å². The van der Waals surface area contributed by atoms with Crippen LogP contribution >= 0.6 is 11.8 Å². The predicted octanol–water partition coefficient (Wildman–Crippen LogP) is 4.05. The molecule has 2 aromatic carbocycles. The zero-order valence-electron chi connectivity index (χ0n) is 17.7. The van der Waals surface area contributed by atoms with Gasteiger partial charge in [0.05, 0.1) is 25.7 Å². The Balaban J connectivity index is 1.33. The van der Waals surface area contributed by atoms with Gasteiger partial charge in [0.2, 0.25) is 12.7 Å². The number of hydrogen-bond donors (Lipinski definition) is 1. The number of methoxy groups -OCH3 is 1. The van der Waals surface area contributed by atoms with Gasteiger partial charge < -0.3 is 23.9 Å². The second kappa shape index (κ2) is 9.29. The number of benzene rings is 2. The molecule has 0 spiro atoms. The second-order valence-electron chi connectivity index (χ2n) is 7.11. The van der Waals surface area contributed by atoms with Gasteiger partial charge in [0.15, 0.2) is 22.5 Å². The molecule has 0 atom stereocenters. The van der Waals surface area contributed by atoms with Crippen molar-refractivity contribution in [1.29, 1.82) is 0 Å². The molecule has 9 nitrogen and oxygen atoms in total. The van der Waals surface area contributed by atoms with Crippen molar-refractivity contribution < 1.29 is 23.4 Å².